The van der Waals surface area contributed by atoms with E-state index in [4.69, 9.17) is 10.5 Å². The standard InChI is InChI=1S/C16H27N3O2/c17-14-4-6-15(7-5-14)18-8-3-11-21-13-16(20)12-19-9-1-2-10-19/h4-7,16,18,20H,1-3,8-13,17H2. The van der Waals surface area contributed by atoms with Crippen molar-refractivity contribution < 1.29 is 9.84 Å². The van der Waals surface area contributed by atoms with Gasteiger partial charge in [0.1, 0.15) is 0 Å². The van der Waals surface area contributed by atoms with Gasteiger partial charge in [0.2, 0.25) is 0 Å². The number of hydrogen-bond acceptors (Lipinski definition) is 5. The molecule has 4 N–H and O–H groups in total. The van der Waals surface area contributed by atoms with E-state index in [1.807, 2.05) is 24.3 Å². The van der Waals surface area contributed by atoms with Gasteiger partial charge in [0, 0.05) is 31.1 Å². The maximum absolute atomic E-state index is 9.88. The van der Waals surface area contributed by atoms with Gasteiger partial charge in [-0.25, -0.2) is 0 Å². The van der Waals surface area contributed by atoms with Crippen LogP contribution in [0, 0.1) is 0 Å². The summed E-state index contributed by atoms with van der Waals surface area (Å²) in [6.45, 7) is 4.92. The van der Waals surface area contributed by atoms with Gasteiger partial charge in [-0.1, -0.05) is 0 Å². The summed E-state index contributed by atoms with van der Waals surface area (Å²) < 4.78 is 5.53. The highest BCUT2D eigenvalue weighted by atomic mass is 16.5. The lowest BCUT2D eigenvalue weighted by molar-refractivity contribution is 0.0204. The molecule has 5 heteroatoms. The lowest BCUT2D eigenvalue weighted by Crippen LogP contribution is -2.33. The average Bonchev–Trinajstić information content (AvgIpc) is 2.97. The number of anilines is 2. The summed E-state index contributed by atoms with van der Waals surface area (Å²) in [5.41, 5.74) is 7.47. The van der Waals surface area contributed by atoms with Gasteiger partial charge in [-0.2, -0.15) is 0 Å². The average molecular weight is 293 g/mol. The van der Waals surface area contributed by atoms with E-state index in [1.54, 1.807) is 0 Å². The maximum atomic E-state index is 9.88. The maximum Gasteiger partial charge on any atom is 0.0900 e. The van der Waals surface area contributed by atoms with E-state index in [2.05, 4.69) is 10.2 Å². The van der Waals surface area contributed by atoms with Crippen molar-refractivity contribution in [1.29, 1.82) is 0 Å². The van der Waals surface area contributed by atoms with Crippen LogP contribution in [0.4, 0.5) is 11.4 Å². The van der Waals surface area contributed by atoms with Gasteiger partial charge in [0.15, 0.2) is 0 Å². The third kappa shape index (κ3) is 6.33. The van der Waals surface area contributed by atoms with Crippen LogP contribution >= 0.6 is 0 Å². The third-order valence-electron chi connectivity index (χ3n) is 3.68. The molecule has 0 aliphatic carbocycles. The summed E-state index contributed by atoms with van der Waals surface area (Å²) in [7, 11) is 0. The lowest BCUT2D eigenvalue weighted by Gasteiger charge is -2.19. The van der Waals surface area contributed by atoms with E-state index in [1.165, 1.54) is 12.8 Å². The zero-order valence-corrected chi connectivity index (χ0v) is 12.6. The number of nitrogen functional groups attached to an aromatic ring is 1. The molecule has 1 aliphatic rings. The van der Waals surface area contributed by atoms with Crippen molar-refractivity contribution in [3.8, 4) is 0 Å². The monoisotopic (exact) mass is 293 g/mol. The van der Waals surface area contributed by atoms with Crippen LogP contribution < -0.4 is 11.1 Å². The summed E-state index contributed by atoms with van der Waals surface area (Å²) in [4.78, 5) is 2.30. The van der Waals surface area contributed by atoms with Crippen LogP contribution in [0.3, 0.4) is 0 Å². The summed E-state index contributed by atoms with van der Waals surface area (Å²) in [5.74, 6) is 0. The molecule has 1 saturated heterocycles. The number of benzene rings is 1. The van der Waals surface area contributed by atoms with E-state index in [0.29, 0.717) is 13.2 Å². The third-order valence-corrected chi connectivity index (χ3v) is 3.68. The van der Waals surface area contributed by atoms with Gasteiger partial charge < -0.3 is 25.8 Å². The Kier molecular flexibility index (Phi) is 6.79. The molecule has 1 unspecified atom stereocenters. The fraction of sp³-hybridized carbons (Fsp3) is 0.625. The number of β-amino-alcohol motifs (C(OH)–C–C–N with tert-alkyl or cyclic N) is 1. The Labute approximate surface area is 127 Å². The second-order valence-corrected chi connectivity index (χ2v) is 5.64. The Morgan fingerprint density at radius 3 is 2.67 bits per heavy atom. The Bertz CT molecular complexity index is 391. The van der Waals surface area contributed by atoms with Crippen molar-refractivity contribution in [1.82, 2.24) is 4.90 Å². The Balaban J connectivity index is 1.46. The summed E-state index contributed by atoms with van der Waals surface area (Å²) in [6, 6.07) is 7.70. The number of nitrogens with one attached hydrogen (secondary N) is 1. The molecular formula is C16H27N3O2. The number of aliphatic hydroxyl groups excluding tert-OH is 1. The van der Waals surface area contributed by atoms with E-state index in [9.17, 15) is 5.11 Å². The van der Waals surface area contributed by atoms with Crippen molar-refractivity contribution in [2.24, 2.45) is 0 Å². The Morgan fingerprint density at radius 2 is 1.95 bits per heavy atom. The topological polar surface area (TPSA) is 70.8 Å². The van der Waals surface area contributed by atoms with Gasteiger partial charge in [-0.15, -0.1) is 0 Å². The molecule has 0 radical (unpaired) electrons. The van der Waals surface area contributed by atoms with Gasteiger partial charge in [-0.3, -0.25) is 0 Å². The van der Waals surface area contributed by atoms with Crippen molar-refractivity contribution >= 4 is 11.4 Å². The quantitative estimate of drug-likeness (QED) is 0.476. The minimum Gasteiger partial charge on any atom is -0.399 e. The van der Waals surface area contributed by atoms with Gasteiger partial charge >= 0.3 is 0 Å². The van der Waals surface area contributed by atoms with Crippen LogP contribution in [0.15, 0.2) is 24.3 Å². The van der Waals surface area contributed by atoms with E-state index in [-0.39, 0.29) is 6.10 Å². The first-order valence-electron chi connectivity index (χ1n) is 7.81. The molecule has 0 spiro atoms. The Hall–Kier alpha value is -1.30. The van der Waals surface area contributed by atoms with Gasteiger partial charge in [0.05, 0.1) is 12.7 Å². The second kappa shape index (κ2) is 8.87. The van der Waals surface area contributed by atoms with Crippen molar-refractivity contribution in [2.45, 2.75) is 25.4 Å². The second-order valence-electron chi connectivity index (χ2n) is 5.64. The molecule has 2 rings (SSSR count). The van der Waals surface area contributed by atoms with Crippen LogP contribution in [-0.2, 0) is 4.74 Å². The first-order valence-corrected chi connectivity index (χ1v) is 7.81. The molecule has 0 saturated carbocycles. The largest absolute Gasteiger partial charge is 0.399 e. The molecule has 1 aliphatic heterocycles. The van der Waals surface area contributed by atoms with Crippen LogP contribution in [0.5, 0.6) is 0 Å². The molecule has 0 aromatic heterocycles. The van der Waals surface area contributed by atoms with Gasteiger partial charge in [0.25, 0.3) is 0 Å². The SMILES string of the molecule is Nc1ccc(NCCCOCC(O)CN2CCCC2)cc1. The van der Waals surface area contributed by atoms with E-state index in [0.717, 1.165) is 44.0 Å². The zero-order chi connectivity index (χ0) is 14.9. The number of hydrogen-bond donors (Lipinski definition) is 3. The summed E-state index contributed by atoms with van der Waals surface area (Å²) in [5, 5.41) is 13.2. The Morgan fingerprint density at radius 1 is 1.24 bits per heavy atom. The highest BCUT2D eigenvalue weighted by Crippen LogP contribution is 2.10. The first kappa shape index (κ1) is 16.1. The summed E-state index contributed by atoms with van der Waals surface area (Å²) in [6.07, 6.45) is 3.06. The van der Waals surface area contributed by atoms with E-state index < -0.39 is 0 Å². The molecule has 0 bridgehead atoms. The number of rotatable bonds is 9. The fourth-order valence-corrected chi connectivity index (χ4v) is 2.54. The molecule has 5 nitrogen and oxygen atoms in total. The van der Waals surface area contributed by atoms with Crippen LogP contribution in [0.1, 0.15) is 19.3 Å². The van der Waals surface area contributed by atoms with Crippen LogP contribution in [-0.4, -0.2) is 55.5 Å². The fourth-order valence-electron chi connectivity index (χ4n) is 2.54. The summed E-state index contributed by atoms with van der Waals surface area (Å²) >= 11 is 0. The number of ether oxygens (including phenoxy) is 1. The molecule has 1 aromatic rings. The predicted octanol–water partition coefficient (Wildman–Crippen LogP) is 1.54. The normalized spacial score (nSPS) is 17.0. The highest BCUT2D eigenvalue weighted by molar-refractivity contribution is 5.51. The zero-order valence-electron chi connectivity index (χ0n) is 12.6. The van der Waals surface area contributed by atoms with Crippen LogP contribution in [0.25, 0.3) is 0 Å². The number of aliphatic hydroxyl groups is 1. The van der Waals surface area contributed by atoms with E-state index >= 15 is 0 Å². The highest BCUT2D eigenvalue weighted by Gasteiger charge is 2.15. The molecule has 1 fully saturated rings. The molecule has 1 heterocycles. The van der Waals surface area contributed by atoms with Crippen molar-refractivity contribution in [3.05, 3.63) is 24.3 Å². The number of likely N-dealkylation sites (tertiary alicyclic amines) is 1. The predicted molar refractivity (Wildman–Crippen MR) is 86.5 cm³/mol. The molecule has 1 atom stereocenters. The number of nitrogens with two attached hydrogens (primary N) is 1. The van der Waals surface area contributed by atoms with Crippen molar-refractivity contribution in [2.75, 3.05) is 50.4 Å². The molecule has 0 amide bonds. The minimum atomic E-state index is -0.367. The van der Waals surface area contributed by atoms with Crippen LogP contribution in [0.2, 0.25) is 0 Å². The molecule has 118 valence electrons. The van der Waals surface area contributed by atoms with Crippen molar-refractivity contribution in [3.63, 3.8) is 0 Å². The first-order chi connectivity index (χ1) is 10.2. The smallest absolute Gasteiger partial charge is 0.0900 e. The lowest BCUT2D eigenvalue weighted by atomic mass is 10.3. The molecule has 21 heavy (non-hydrogen) atoms. The minimum absolute atomic E-state index is 0.367. The molecular weight excluding hydrogens is 266 g/mol. The van der Waals surface area contributed by atoms with Gasteiger partial charge in [-0.05, 0) is 56.6 Å². The number of nitrogens with zero attached hydrogens (tertiary/aromatic N) is 1. The molecule has 1 aromatic carbocycles.